The maximum absolute atomic E-state index is 13.7. The summed E-state index contributed by atoms with van der Waals surface area (Å²) < 4.78 is 15.4. The number of primary amides is 1. The molecule has 0 aliphatic rings. The van der Waals surface area contributed by atoms with Crippen molar-refractivity contribution in [2.24, 2.45) is 5.73 Å². The molecule has 4 nitrogen and oxygen atoms in total. The second kappa shape index (κ2) is 4.86. The van der Waals surface area contributed by atoms with Gasteiger partial charge in [0, 0.05) is 17.3 Å². The number of amides is 1. The number of pyridine rings is 1. The lowest BCUT2D eigenvalue weighted by Gasteiger charge is -2.09. The van der Waals surface area contributed by atoms with Gasteiger partial charge in [0.1, 0.15) is 5.82 Å². The molecule has 0 unspecified atom stereocenters. The fourth-order valence-electron chi connectivity index (χ4n) is 2.46. The van der Waals surface area contributed by atoms with Gasteiger partial charge in [0.05, 0.1) is 28.0 Å². The number of hydrogen-bond donors (Lipinski definition) is 1. The maximum atomic E-state index is 13.7. The molecule has 0 saturated carbocycles. The molecular weight excluding hydrogens is 293 g/mol. The third-order valence-electron chi connectivity index (χ3n) is 3.36. The molecule has 2 N–H and O–H groups in total. The van der Waals surface area contributed by atoms with Crippen LogP contribution in [-0.4, -0.2) is 15.5 Å². The van der Waals surface area contributed by atoms with Gasteiger partial charge in [-0.05, 0) is 31.2 Å². The number of halogens is 2. The van der Waals surface area contributed by atoms with E-state index in [-0.39, 0.29) is 5.56 Å². The summed E-state index contributed by atoms with van der Waals surface area (Å²) >= 11 is 6.29. The first kappa shape index (κ1) is 13.6. The van der Waals surface area contributed by atoms with Gasteiger partial charge in [-0.15, -0.1) is 0 Å². The van der Waals surface area contributed by atoms with E-state index in [2.05, 4.69) is 4.98 Å². The molecule has 0 bridgehead atoms. The molecule has 0 aliphatic heterocycles. The summed E-state index contributed by atoms with van der Waals surface area (Å²) in [5, 5.41) is 0.836. The Hall–Kier alpha value is -2.40. The highest BCUT2D eigenvalue weighted by Crippen LogP contribution is 2.35. The lowest BCUT2D eigenvalue weighted by Crippen LogP contribution is -2.13. The van der Waals surface area contributed by atoms with Crippen LogP contribution in [0.5, 0.6) is 0 Å². The monoisotopic (exact) mass is 303 g/mol. The highest BCUT2D eigenvalue weighted by molar-refractivity contribution is 6.37. The van der Waals surface area contributed by atoms with Gasteiger partial charge in [0.15, 0.2) is 0 Å². The standard InChI is InChI=1S/C15H11ClFN3O/c1-8-13(16)11-5-9(17)6-12(15(18)21)14(11)20(8)10-3-2-4-19-7-10/h2-7H,1H3,(H2,18,21). The van der Waals surface area contributed by atoms with E-state index in [1.54, 1.807) is 30.0 Å². The Kier molecular flexibility index (Phi) is 3.14. The van der Waals surface area contributed by atoms with Crippen LogP contribution in [0, 0.1) is 12.7 Å². The van der Waals surface area contributed by atoms with Crippen LogP contribution in [0.4, 0.5) is 4.39 Å². The summed E-state index contributed by atoms with van der Waals surface area (Å²) in [7, 11) is 0. The van der Waals surface area contributed by atoms with Crippen molar-refractivity contribution in [2.45, 2.75) is 6.92 Å². The van der Waals surface area contributed by atoms with Crippen LogP contribution in [0.3, 0.4) is 0 Å². The average molecular weight is 304 g/mol. The number of nitrogens with two attached hydrogens (primary N) is 1. The molecule has 0 aliphatic carbocycles. The van der Waals surface area contributed by atoms with Crippen LogP contribution in [0.1, 0.15) is 16.1 Å². The molecule has 21 heavy (non-hydrogen) atoms. The number of fused-ring (bicyclic) bond motifs is 1. The summed E-state index contributed by atoms with van der Waals surface area (Å²) in [6, 6.07) is 6.00. The number of carbonyl (C=O) groups is 1. The Bertz CT molecular complexity index is 858. The molecule has 2 aromatic heterocycles. The zero-order valence-electron chi connectivity index (χ0n) is 11.1. The van der Waals surface area contributed by atoms with Crippen LogP contribution in [0.2, 0.25) is 5.02 Å². The van der Waals surface area contributed by atoms with Crippen molar-refractivity contribution in [1.29, 1.82) is 0 Å². The zero-order valence-corrected chi connectivity index (χ0v) is 11.9. The van der Waals surface area contributed by atoms with Crippen LogP contribution in [0.15, 0.2) is 36.7 Å². The van der Waals surface area contributed by atoms with Crippen LogP contribution in [-0.2, 0) is 0 Å². The van der Waals surface area contributed by atoms with E-state index in [0.717, 1.165) is 11.8 Å². The Morgan fingerprint density at radius 1 is 1.43 bits per heavy atom. The molecule has 3 aromatic rings. The minimum Gasteiger partial charge on any atom is -0.366 e. The van der Waals surface area contributed by atoms with Gasteiger partial charge in [0.2, 0.25) is 0 Å². The summed E-state index contributed by atoms with van der Waals surface area (Å²) in [5.41, 5.74) is 7.36. The summed E-state index contributed by atoms with van der Waals surface area (Å²) in [4.78, 5) is 15.7. The third-order valence-corrected chi connectivity index (χ3v) is 3.83. The van der Waals surface area contributed by atoms with Crippen molar-refractivity contribution in [3.63, 3.8) is 0 Å². The molecule has 1 aromatic carbocycles. The number of carbonyl (C=O) groups excluding carboxylic acids is 1. The number of rotatable bonds is 2. The van der Waals surface area contributed by atoms with E-state index in [1.807, 2.05) is 6.07 Å². The minimum atomic E-state index is -0.709. The largest absolute Gasteiger partial charge is 0.366 e. The molecule has 0 radical (unpaired) electrons. The lowest BCUT2D eigenvalue weighted by atomic mass is 10.1. The topological polar surface area (TPSA) is 60.9 Å². The molecule has 6 heteroatoms. The molecule has 0 saturated heterocycles. The van der Waals surface area contributed by atoms with Crippen LogP contribution < -0.4 is 5.73 Å². The fraction of sp³-hybridized carbons (Fsp3) is 0.0667. The van der Waals surface area contributed by atoms with E-state index < -0.39 is 11.7 Å². The van der Waals surface area contributed by atoms with Gasteiger partial charge in [-0.3, -0.25) is 9.78 Å². The zero-order chi connectivity index (χ0) is 15.1. The van der Waals surface area contributed by atoms with Gasteiger partial charge >= 0.3 is 0 Å². The number of nitrogens with zero attached hydrogens (tertiary/aromatic N) is 2. The molecule has 0 fully saturated rings. The van der Waals surface area contributed by atoms with E-state index >= 15 is 0 Å². The van der Waals surface area contributed by atoms with E-state index in [0.29, 0.717) is 21.6 Å². The van der Waals surface area contributed by atoms with E-state index in [9.17, 15) is 9.18 Å². The van der Waals surface area contributed by atoms with Gasteiger partial charge < -0.3 is 10.3 Å². The van der Waals surface area contributed by atoms with Crippen molar-refractivity contribution in [1.82, 2.24) is 9.55 Å². The highest BCUT2D eigenvalue weighted by atomic mass is 35.5. The van der Waals surface area contributed by atoms with E-state index in [1.165, 1.54) is 6.07 Å². The van der Waals surface area contributed by atoms with Crippen LogP contribution in [0.25, 0.3) is 16.6 Å². The summed E-state index contributed by atoms with van der Waals surface area (Å²) in [6.45, 7) is 1.79. The predicted molar refractivity (Wildman–Crippen MR) is 79.3 cm³/mol. The predicted octanol–water partition coefficient (Wildman–Crippen LogP) is 3.23. The van der Waals surface area contributed by atoms with Crippen molar-refractivity contribution >= 4 is 28.4 Å². The Balaban J connectivity index is 2.50. The summed E-state index contributed by atoms with van der Waals surface area (Å²) in [5.74, 6) is -1.26. The average Bonchev–Trinajstić information content (AvgIpc) is 2.71. The quantitative estimate of drug-likeness (QED) is 0.790. The molecule has 0 atom stereocenters. The minimum absolute atomic E-state index is 0.0869. The van der Waals surface area contributed by atoms with E-state index in [4.69, 9.17) is 17.3 Å². The van der Waals surface area contributed by atoms with Crippen LogP contribution >= 0.6 is 11.6 Å². The SMILES string of the molecule is Cc1c(Cl)c2cc(F)cc(C(N)=O)c2n1-c1cccnc1. The molecule has 3 rings (SSSR count). The highest BCUT2D eigenvalue weighted by Gasteiger charge is 2.20. The maximum Gasteiger partial charge on any atom is 0.250 e. The summed E-state index contributed by atoms with van der Waals surface area (Å²) in [6.07, 6.45) is 3.28. The second-order valence-corrected chi connectivity index (χ2v) is 5.04. The Morgan fingerprint density at radius 3 is 2.81 bits per heavy atom. The lowest BCUT2D eigenvalue weighted by molar-refractivity contribution is 0.100. The number of aromatic nitrogens is 2. The van der Waals surface area contributed by atoms with Crippen molar-refractivity contribution in [3.05, 3.63) is 58.8 Å². The Labute approximate surface area is 125 Å². The van der Waals surface area contributed by atoms with Crippen molar-refractivity contribution < 1.29 is 9.18 Å². The molecule has 106 valence electrons. The molecule has 0 spiro atoms. The normalized spacial score (nSPS) is 11.0. The Morgan fingerprint density at radius 2 is 2.19 bits per heavy atom. The van der Waals surface area contributed by atoms with Gasteiger partial charge in [-0.2, -0.15) is 0 Å². The number of benzene rings is 1. The van der Waals surface area contributed by atoms with Gasteiger partial charge in [0.25, 0.3) is 5.91 Å². The second-order valence-electron chi connectivity index (χ2n) is 4.66. The fourth-order valence-corrected chi connectivity index (χ4v) is 2.69. The molecule has 1 amide bonds. The molecule has 2 heterocycles. The third kappa shape index (κ3) is 2.06. The van der Waals surface area contributed by atoms with Gasteiger partial charge in [-0.1, -0.05) is 11.6 Å². The first-order valence-electron chi connectivity index (χ1n) is 6.21. The number of hydrogen-bond acceptors (Lipinski definition) is 2. The molecular formula is C15H11ClFN3O. The van der Waals surface area contributed by atoms with Gasteiger partial charge in [-0.25, -0.2) is 4.39 Å². The first-order chi connectivity index (χ1) is 10.0. The van der Waals surface area contributed by atoms with Crippen molar-refractivity contribution in [3.8, 4) is 5.69 Å². The van der Waals surface area contributed by atoms with Crippen molar-refractivity contribution in [2.75, 3.05) is 0 Å². The first-order valence-corrected chi connectivity index (χ1v) is 6.58. The smallest absolute Gasteiger partial charge is 0.250 e.